The molecular weight excluding hydrogens is 384 g/mol. The van der Waals surface area contributed by atoms with Crippen LogP contribution in [0.25, 0.3) is 0 Å². The summed E-state index contributed by atoms with van der Waals surface area (Å²) in [6.07, 6.45) is 5.64. The lowest BCUT2D eigenvalue weighted by atomic mass is 10.1. The minimum absolute atomic E-state index is 0.187. The van der Waals surface area contributed by atoms with Crippen LogP contribution in [0.1, 0.15) is 46.3 Å². The Morgan fingerprint density at radius 1 is 1.17 bits per heavy atom. The Morgan fingerprint density at radius 2 is 2.00 bits per heavy atom. The molecule has 2 amide bonds. The zero-order valence-electron chi connectivity index (χ0n) is 16.4. The summed E-state index contributed by atoms with van der Waals surface area (Å²) in [5.41, 5.74) is 1.98. The number of nitrogens with zero attached hydrogens (tertiary/aromatic N) is 3. The third-order valence-electron chi connectivity index (χ3n) is 4.98. The number of rotatable bonds is 6. The molecule has 1 saturated heterocycles. The predicted octanol–water partition coefficient (Wildman–Crippen LogP) is 3.47. The Hall–Kier alpha value is -3.68. The molecule has 1 aromatic carbocycles. The van der Waals surface area contributed by atoms with E-state index in [0.29, 0.717) is 25.3 Å². The van der Waals surface area contributed by atoms with E-state index in [4.69, 9.17) is 9.15 Å². The van der Waals surface area contributed by atoms with E-state index in [1.807, 2.05) is 36.4 Å². The quantitative estimate of drug-likeness (QED) is 0.673. The lowest BCUT2D eigenvalue weighted by molar-refractivity contribution is 0.0864. The van der Waals surface area contributed by atoms with Gasteiger partial charge in [0, 0.05) is 25.5 Å². The normalized spacial score (nSPS) is 15.7. The summed E-state index contributed by atoms with van der Waals surface area (Å²) in [7, 11) is 0. The second-order valence-corrected chi connectivity index (χ2v) is 7.00. The van der Waals surface area contributed by atoms with Gasteiger partial charge in [0.05, 0.1) is 6.04 Å². The van der Waals surface area contributed by atoms with Gasteiger partial charge in [-0.3, -0.25) is 14.7 Å². The highest BCUT2D eigenvalue weighted by atomic mass is 16.6. The van der Waals surface area contributed by atoms with Gasteiger partial charge in [-0.1, -0.05) is 36.4 Å². The molecule has 3 heterocycles. The first kappa shape index (κ1) is 19.6. The van der Waals surface area contributed by atoms with E-state index in [1.165, 1.54) is 6.39 Å². The first-order chi connectivity index (χ1) is 14.7. The third-order valence-corrected chi connectivity index (χ3v) is 4.98. The molecule has 1 atom stereocenters. The van der Waals surface area contributed by atoms with Gasteiger partial charge < -0.3 is 14.5 Å². The molecule has 0 radical (unpaired) electrons. The summed E-state index contributed by atoms with van der Waals surface area (Å²) in [6, 6.07) is 12.8. The smallest absolute Gasteiger partial charge is 0.410 e. The van der Waals surface area contributed by atoms with Crippen molar-refractivity contribution in [3.8, 4) is 0 Å². The van der Waals surface area contributed by atoms with Gasteiger partial charge in [-0.2, -0.15) is 0 Å². The van der Waals surface area contributed by atoms with Crippen molar-refractivity contribution in [1.29, 1.82) is 0 Å². The van der Waals surface area contributed by atoms with E-state index in [-0.39, 0.29) is 24.2 Å². The Balaban J connectivity index is 1.41. The average Bonchev–Trinajstić information content (AvgIpc) is 3.46. The van der Waals surface area contributed by atoms with Crippen molar-refractivity contribution in [1.82, 2.24) is 20.2 Å². The van der Waals surface area contributed by atoms with Crippen LogP contribution < -0.4 is 5.32 Å². The third kappa shape index (κ3) is 4.48. The van der Waals surface area contributed by atoms with Crippen molar-refractivity contribution in [2.24, 2.45) is 0 Å². The molecule has 30 heavy (non-hydrogen) atoms. The maximum Gasteiger partial charge on any atom is 0.410 e. The molecule has 1 fully saturated rings. The standard InChI is InChI=1S/C22H22N4O4/c27-21(24-13-17-8-4-10-23-12-17)19-20(30-15-25-19)18-9-5-11-26(18)22(28)29-14-16-6-2-1-3-7-16/h1-4,6-8,10,12,15,18H,5,9,11,13-14H2,(H,24,27)/t18-/m0/s1. The van der Waals surface area contributed by atoms with Crippen LogP contribution in [0.15, 0.2) is 65.7 Å². The highest BCUT2D eigenvalue weighted by molar-refractivity contribution is 5.93. The molecule has 8 nitrogen and oxygen atoms in total. The van der Waals surface area contributed by atoms with E-state index in [9.17, 15) is 9.59 Å². The molecule has 1 aliphatic heterocycles. The molecule has 0 aliphatic carbocycles. The number of amides is 2. The van der Waals surface area contributed by atoms with E-state index in [2.05, 4.69) is 15.3 Å². The van der Waals surface area contributed by atoms with Crippen molar-refractivity contribution >= 4 is 12.0 Å². The zero-order valence-corrected chi connectivity index (χ0v) is 16.4. The first-order valence-electron chi connectivity index (χ1n) is 9.80. The second kappa shape index (κ2) is 9.21. The van der Waals surface area contributed by atoms with Crippen LogP contribution in [0.5, 0.6) is 0 Å². The topological polar surface area (TPSA) is 97.6 Å². The summed E-state index contributed by atoms with van der Waals surface area (Å²) in [4.78, 5) is 35.0. The first-order valence-corrected chi connectivity index (χ1v) is 9.80. The molecule has 154 valence electrons. The number of ether oxygens (including phenoxy) is 1. The highest BCUT2D eigenvalue weighted by Gasteiger charge is 2.36. The van der Waals surface area contributed by atoms with Crippen LogP contribution in [0.3, 0.4) is 0 Å². The lowest BCUT2D eigenvalue weighted by Crippen LogP contribution is -2.32. The molecule has 8 heteroatoms. The monoisotopic (exact) mass is 406 g/mol. The van der Waals surface area contributed by atoms with Gasteiger partial charge in [0.1, 0.15) is 6.61 Å². The van der Waals surface area contributed by atoms with Crippen LogP contribution in [0.4, 0.5) is 4.79 Å². The molecule has 0 bridgehead atoms. The highest BCUT2D eigenvalue weighted by Crippen LogP contribution is 2.34. The fourth-order valence-electron chi connectivity index (χ4n) is 3.49. The molecule has 3 aromatic rings. The van der Waals surface area contributed by atoms with Crippen LogP contribution in [0, 0.1) is 0 Å². The Bertz CT molecular complexity index is 991. The molecule has 0 spiro atoms. The van der Waals surface area contributed by atoms with Gasteiger partial charge in [0.15, 0.2) is 17.8 Å². The molecule has 2 aromatic heterocycles. The van der Waals surface area contributed by atoms with E-state index in [0.717, 1.165) is 17.5 Å². The minimum atomic E-state index is -0.431. The zero-order chi connectivity index (χ0) is 20.8. The average molecular weight is 406 g/mol. The number of benzene rings is 1. The van der Waals surface area contributed by atoms with Crippen molar-refractivity contribution in [2.45, 2.75) is 32.0 Å². The number of hydrogen-bond acceptors (Lipinski definition) is 6. The molecular formula is C22H22N4O4. The molecule has 1 aliphatic rings. The molecule has 1 N–H and O–H groups in total. The minimum Gasteiger partial charge on any atom is -0.445 e. The van der Waals surface area contributed by atoms with Crippen LogP contribution in [-0.2, 0) is 17.9 Å². The van der Waals surface area contributed by atoms with E-state index < -0.39 is 6.09 Å². The van der Waals surface area contributed by atoms with Crippen LogP contribution in [-0.4, -0.2) is 33.4 Å². The summed E-state index contributed by atoms with van der Waals surface area (Å²) in [5.74, 6) is 0.0277. The summed E-state index contributed by atoms with van der Waals surface area (Å²) in [6.45, 7) is 1.06. The maximum absolute atomic E-state index is 12.7. The van der Waals surface area contributed by atoms with Gasteiger partial charge in [0.25, 0.3) is 5.91 Å². The fourth-order valence-corrected chi connectivity index (χ4v) is 3.49. The Morgan fingerprint density at radius 3 is 2.80 bits per heavy atom. The number of aromatic nitrogens is 2. The number of oxazole rings is 1. The Labute approximate surface area is 173 Å². The van der Waals surface area contributed by atoms with Gasteiger partial charge >= 0.3 is 6.09 Å². The second-order valence-electron chi connectivity index (χ2n) is 7.00. The molecule has 0 unspecified atom stereocenters. The number of carbonyl (C=O) groups excluding carboxylic acids is 2. The van der Waals surface area contributed by atoms with Gasteiger partial charge in [-0.05, 0) is 30.0 Å². The van der Waals surface area contributed by atoms with Crippen LogP contribution in [0.2, 0.25) is 0 Å². The van der Waals surface area contributed by atoms with Crippen molar-refractivity contribution in [2.75, 3.05) is 6.54 Å². The van der Waals surface area contributed by atoms with Crippen molar-refractivity contribution in [3.05, 3.63) is 83.8 Å². The SMILES string of the molecule is O=C(NCc1cccnc1)c1ncoc1[C@@H]1CCCN1C(=O)OCc1ccccc1. The maximum atomic E-state index is 12.7. The summed E-state index contributed by atoms with van der Waals surface area (Å²) >= 11 is 0. The number of nitrogens with one attached hydrogen (secondary N) is 1. The number of carbonyl (C=O) groups is 2. The fraction of sp³-hybridized carbons (Fsp3) is 0.273. The molecule has 4 rings (SSSR count). The van der Waals surface area contributed by atoms with Gasteiger partial charge in [-0.25, -0.2) is 9.78 Å². The van der Waals surface area contributed by atoms with Crippen LogP contribution >= 0.6 is 0 Å². The van der Waals surface area contributed by atoms with E-state index >= 15 is 0 Å². The largest absolute Gasteiger partial charge is 0.445 e. The van der Waals surface area contributed by atoms with Crippen molar-refractivity contribution in [3.63, 3.8) is 0 Å². The predicted molar refractivity (Wildman–Crippen MR) is 107 cm³/mol. The number of likely N-dealkylation sites (tertiary alicyclic amines) is 1. The van der Waals surface area contributed by atoms with Crippen molar-refractivity contribution < 1.29 is 18.7 Å². The number of pyridine rings is 1. The summed E-state index contributed by atoms with van der Waals surface area (Å²) < 4.78 is 11.0. The Kier molecular flexibility index (Phi) is 6.03. The summed E-state index contributed by atoms with van der Waals surface area (Å²) in [5, 5.41) is 2.82. The van der Waals surface area contributed by atoms with Gasteiger partial charge in [-0.15, -0.1) is 0 Å². The van der Waals surface area contributed by atoms with Gasteiger partial charge in [0.2, 0.25) is 0 Å². The van der Waals surface area contributed by atoms with E-state index in [1.54, 1.807) is 23.4 Å². The lowest BCUT2D eigenvalue weighted by Gasteiger charge is -2.23. The number of hydrogen-bond donors (Lipinski definition) is 1. The molecule has 0 saturated carbocycles.